The van der Waals surface area contributed by atoms with Crippen molar-refractivity contribution in [3.8, 4) is 11.4 Å². The van der Waals surface area contributed by atoms with Gasteiger partial charge in [0, 0.05) is 6.20 Å². The summed E-state index contributed by atoms with van der Waals surface area (Å²) in [5.74, 6) is 0. The summed E-state index contributed by atoms with van der Waals surface area (Å²) in [5, 5.41) is 5.27. The maximum atomic E-state index is 5.78. The molecule has 0 aliphatic carbocycles. The lowest BCUT2D eigenvalue weighted by atomic mass is 10.3. The summed E-state index contributed by atoms with van der Waals surface area (Å²) in [6.07, 6.45) is 3.63. The van der Waals surface area contributed by atoms with Gasteiger partial charge in [-0.15, -0.1) is 0 Å². The predicted octanol–water partition coefficient (Wildman–Crippen LogP) is 1.87. The highest BCUT2D eigenvalue weighted by Gasteiger charge is 2.11. The van der Waals surface area contributed by atoms with Crippen molar-refractivity contribution in [3.05, 3.63) is 35.6 Å². The minimum absolute atomic E-state index is 0.0556. The smallest absolute Gasteiger partial charge is 0.212 e. The molecule has 1 unspecified atom stereocenters. The van der Waals surface area contributed by atoms with Crippen LogP contribution in [-0.2, 0) is 0 Å². The van der Waals surface area contributed by atoms with Gasteiger partial charge in [0.05, 0.1) is 17.9 Å². The standard InChI is InChI=1S/C11H11N5S/c1-7(12)10-15-16-6-9(14-11(16)17-10)8-4-2-3-5-13-8/h2-7H,12H2,1H3. The SMILES string of the molecule is CC(N)c1nn2cc(-c3ccccn3)nc2s1. The minimum Gasteiger partial charge on any atom is -0.322 e. The molecule has 3 heterocycles. The van der Waals surface area contributed by atoms with Crippen molar-refractivity contribution in [1.29, 1.82) is 0 Å². The summed E-state index contributed by atoms with van der Waals surface area (Å²) in [4.78, 5) is 9.59. The van der Waals surface area contributed by atoms with Crippen LogP contribution in [0.2, 0.25) is 0 Å². The van der Waals surface area contributed by atoms with E-state index in [2.05, 4.69) is 15.1 Å². The third-order valence-electron chi connectivity index (χ3n) is 2.38. The van der Waals surface area contributed by atoms with Crippen LogP contribution in [0.4, 0.5) is 0 Å². The van der Waals surface area contributed by atoms with E-state index in [1.807, 2.05) is 31.3 Å². The van der Waals surface area contributed by atoms with E-state index in [1.54, 1.807) is 10.7 Å². The van der Waals surface area contributed by atoms with Gasteiger partial charge in [-0.1, -0.05) is 17.4 Å². The number of pyridine rings is 1. The van der Waals surface area contributed by atoms with Crippen molar-refractivity contribution < 1.29 is 0 Å². The predicted molar refractivity (Wildman–Crippen MR) is 66.7 cm³/mol. The summed E-state index contributed by atoms with van der Waals surface area (Å²) in [5.41, 5.74) is 7.47. The van der Waals surface area contributed by atoms with E-state index in [1.165, 1.54) is 11.3 Å². The average Bonchev–Trinajstić information content (AvgIpc) is 2.87. The Labute approximate surface area is 102 Å². The molecule has 0 bridgehead atoms. The second kappa shape index (κ2) is 3.90. The molecule has 3 aromatic heterocycles. The molecule has 3 aromatic rings. The first kappa shape index (κ1) is 10.4. The lowest BCUT2D eigenvalue weighted by Gasteiger charge is -1.95. The van der Waals surface area contributed by atoms with Gasteiger partial charge in [0.25, 0.3) is 0 Å². The van der Waals surface area contributed by atoms with E-state index in [-0.39, 0.29) is 6.04 Å². The van der Waals surface area contributed by atoms with E-state index < -0.39 is 0 Å². The Morgan fingerprint density at radius 2 is 2.24 bits per heavy atom. The van der Waals surface area contributed by atoms with E-state index in [0.29, 0.717) is 0 Å². The first-order valence-electron chi connectivity index (χ1n) is 5.27. The monoisotopic (exact) mass is 245 g/mol. The number of hydrogen-bond donors (Lipinski definition) is 1. The Bertz CT molecular complexity index is 609. The van der Waals surface area contributed by atoms with E-state index >= 15 is 0 Å². The molecule has 86 valence electrons. The number of rotatable bonds is 2. The van der Waals surface area contributed by atoms with E-state index in [4.69, 9.17) is 5.73 Å². The number of nitrogens with two attached hydrogens (primary N) is 1. The molecule has 6 heteroatoms. The molecule has 5 nitrogen and oxygen atoms in total. The summed E-state index contributed by atoms with van der Waals surface area (Å²) in [6.45, 7) is 1.91. The molecule has 0 saturated carbocycles. The topological polar surface area (TPSA) is 69.1 Å². The molecule has 0 spiro atoms. The first-order valence-corrected chi connectivity index (χ1v) is 6.09. The number of imidazole rings is 1. The fourth-order valence-corrected chi connectivity index (χ4v) is 2.37. The lowest BCUT2D eigenvalue weighted by Crippen LogP contribution is -2.04. The Morgan fingerprint density at radius 1 is 1.35 bits per heavy atom. The van der Waals surface area contributed by atoms with Crippen LogP contribution in [0.25, 0.3) is 16.3 Å². The largest absolute Gasteiger partial charge is 0.322 e. The molecule has 0 aromatic carbocycles. The van der Waals surface area contributed by atoms with Gasteiger partial charge in [-0.3, -0.25) is 4.98 Å². The summed E-state index contributed by atoms with van der Waals surface area (Å²) < 4.78 is 1.76. The van der Waals surface area contributed by atoms with Crippen LogP contribution in [0.5, 0.6) is 0 Å². The van der Waals surface area contributed by atoms with Crippen molar-refractivity contribution in [2.24, 2.45) is 5.73 Å². The molecule has 0 amide bonds. The average molecular weight is 245 g/mol. The highest BCUT2D eigenvalue weighted by molar-refractivity contribution is 7.16. The number of hydrogen-bond acceptors (Lipinski definition) is 5. The molecule has 17 heavy (non-hydrogen) atoms. The van der Waals surface area contributed by atoms with Crippen LogP contribution in [0.15, 0.2) is 30.6 Å². The number of nitrogens with zero attached hydrogens (tertiary/aromatic N) is 4. The van der Waals surface area contributed by atoms with Crippen LogP contribution in [-0.4, -0.2) is 19.6 Å². The quantitative estimate of drug-likeness (QED) is 0.748. The van der Waals surface area contributed by atoms with E-state index in [0.717, 1.165) is 21.4 Å². The van der Waals surface area contributed by atoms with Crippen LogP contribution >= 0.6 is 11.3 Å². The zero-order valence-corrected chi connectivity index (χ0v) is 10.1. The Balaban J connectivity index is 2.07. The van der Waals surface area contributed by atoms with Crippen LogP contribution in [0.3, 0.4) is 0 Å². The van der Waals surface area contributed by atoms with Gasteiger partial charge in [0.2, 0.25) is 4.96 Å². The Kier molecular flexibility index (Phi) is 2.38. The van der Waals surface area contributed by atoms with Crippen LogP contribution in [0, 0.1) is 0 Å². The second-order valence-electron chi connectivity index (χ2n) is 3.80. The minimum atomic E-state index is -0.0556. The molecule has 0 fully saturated rings. The lowest BCUT2D eigenvalue weighted by molar-refractivity contribution is 0.769. The van der Waals surface area contributed by atoms with E-state index in [9.17, 15) is 0 Å². The molecular formula is C11H11N5S. The Morgan fingerprint density at radius 3 is 2.88 bits per heavy atom. The number of aromatic nitrogens is 4. The molecule has 0 saturated heterocycles. The fraction of sp³-hybridized carbons (Fsp3) is 0.182. The fourth-order valence-electron chi connectivity index (χ4n) is 1.54. The maximum absolute atomic E-state index is 5.78. The molecule has 0 aliphatic rings. The Hall–Kier alpha value is -1.79. The number of fused-ring (bicyclic) bond motifs is 1. The van der Waals surface area contributed by atoms with Crippen LogP contribution in [0.1, 0.15) is 18.0 Å². The van der Waals surface area contributed by atoms with Crippen molar-refractivity contribution in [2.75, 3.05) is 0 Å². The van der Waals surface area contributed by atoms with Crippen molar-refractivity contribution in [1.82, 2.24) is 19.6 Å². The van der Waals surface area contributed by atoms with Crippen LogP contribution < -0.4 is 5.73 Å². The van der Waals surface area contributed by atoms with Gasteiger partial charge in [-0.05, 0) is 19.1 Å². The summed E-state index contributed by atoms with van der Waals surface area (Å²) in [7, 11) is 0. The highest BCUT2D eigenvalue weighted by atomic mass is 32.1. The molecule has 2 N–H and O–H groups in total. The zero-order valence-electron chi connectivity index (χ0n) is 9.24. The van der Waals surface area contributed by atoms with Gasteiger partial charge in [0.1, 0.15) is 10.7 Å². The molecule has 0 radical (unpaired) electrons. The van der Waals surface area contributed by atoms with Gasteiger partial charge in [-0.2, -0.15) is 5.10 Å². The summed E-state index contributed by atoms with van der Waals surface area (Å²) >= 11 is 1.51. The maximum Gasteiger partial charge on any atom is 0.212 e. The third-order valence-corrected chi connectivity index (χ3v) is 3.50. The van der Waals surface area contributed by atoms with Gasteiger partial charge in [0.15, 0.2) is 0 Å². The van der Waals surface area contributed by atoms with Crippen molar-refractivity contribution in [3.63, 3.8) is 0 Å². The summed E-state index contributed by atoms with van der Waals surface area (Å²) in [6, 6.07) is 5.70. The second-order valence-corrected chi connectivity index (χ2v) is 4.78. The highest BCUT2D eigenvalue weighted by Crippen LogP contribution is 2.22. The van der Waals surface area contributed by atoms with Gasteiger partial charge >= 0.3 is 0 Å². The first-order chi connectivity index (χ1) is 8.24. The molecule has 3 rings (SSSR count). The zero-order chi connectivity index (χ0) is 11.8. The molecule has 0 aliphatic heterocycles. The third kappa shape index (κ3) is 1.81. The van der Waals surface area contributed by atoms with Gasteiger partial charge < -0.3 is 5.73 Å². The normalized spacial score (nSPS) is 13.1. The van der Waals surface area contributed by atoms with Gasteiger partial charge in [-0.25, -0.2) is 9.50 Å². The van der Waals surface area contributed by atoms with Crippen molar-refractivity contribution in [2.45, 2.75) is 13.0 Å². The van der Waals surface area contributed by atoms with Crippen molar-refractivity contribution >= 4 is 16.3 Å². The molecule has 1 atom stereocenters. The molecular weight excluding hydrogens is 234 g/mol.